The Kier molecular flexibility index (Phi) is 6.69. The highest BCUT2D eigenvalue weighted by Gasteiger charge is 2.21. The molecule has 3 heteroatoms. The molecule has 0 amide bonds. The van der Waals surface area contributed by atoms with E-state index in [-0.39, 0.29) is 0 Å². The van der Waals surface area contributed by atoms with E-state index < -0.39 is 0 Å². The van der Waals surface area contributed by atoms with Crippen LogP contribution in [-0.4, -0.2) is 49.3 Å². The van der Waals surface area contributed by atoms with Crippen molar-refractivity contribution in [2.24, 2.45) is 5.92 Å². The van der Waals surface area contributed by atoms with Crippen molar-refractivity contribution >= 4 is 0 Å². The average Bonchev–Trinajstić information content (AvgIpc) is 2.66. The zero-order chi connectivity index (χ0) is 11.8. The third kappa shape index (κ3) is 5.10. The van der Waals surface area contributed by atoms with Crippen LogP contribution >= 0.6 is 0 Å². The van der Waals surface area contributed by atoms with Crippen molar-refractivity contribution in [1.29, 1.82) is 0 Å². The fraction of sp³-hybridized carbons (Fsp3) is 0.846. The maximum Gasteiger partial charge on any atom is 0.0434 e. The summed E-state index contributed by atoms with van der Waals surface area (Å²) in [6.07, 6.45) is 3.36. The van der Waals surface area contributed by atoms with Gasteiger partial charge in [0.05, 0.1) is 0 Å². The summed E-state index contributed by atoms with van der Waals surface area (Å²) < 4.78 is 0. The largest absolute Gasteiger partial charge is 0.396 e. The van der Waals surface area contributed by atoms with Crippen molar-refractivity contribution in [2.75, 3.05) is 39.3 Å². The maximum absolute atomic E-state index is 8.89. The first-order chi connectivity index (χ1) is 7.76. The predicted molar refractivity (Wildman–Crippen MR) is 68.6 cm³/mol. The second kappa shape index (κ2) is 7.82. The van der Waals surface area contributed by atoms with Gasteiger partial charge in [-0.1, -0.05) is 13.5 Å². The minimum absolute atomic E-state index is 0.331. The molecule has 0 radical (unpaired) electrons. The molecule has 0 saturated carbocycles. The number of nitrogens with zero attached hydrogens (tertiary/aromatic N) is 1. The number of hydrogen-bond acceptors (Lipinski definition) is 3. The summed E-state index contributed by atoms with van der Waals surface area (Å²) in [7, 11) is 0. The van der Waals surface area contributed by atoms with E-state index in [4.69, 9.17) is 5.11 Å². The Bertz CT molecular complexity index is 206. The monoisotopic (exact) mass is 226 g/mol. The van der Waals surface area contributed by atoms with Crippen LogP contribution in [0.4, 0.5) is 0 Å². The standard InChI is InChI=1S/C13H26N2O/c1-3-6-14-9-12(2)10-15-7-4-13(11-15)5-8-16/h13-14,16H,2-11H2,1H3. The Labute approximate surface area is 99.5 Å². The lowest BCUT2D eigenvalue weighted by atomic mass is 10.1. The van der Waals surface area contributed by atoms with Gasteiger partial charge in [0, 0.05) is 26.2 Å². The van der Waals surface area contributed by atoms with Gasteiger partial charge in [-0.25, -0.2) is 0 Å². The first kappa shape index (κ1) is 13.7. The molecule has 0 spiro atoms. The highest BCUT2D eigenvalue weighted by atomic mass is 16.3. The number of likely N-dealkylation sites (tertiary alicyclic amines) is 1. The molecule has 1 unspecified atom stereocenters. The van der Waals surface area contributed by atoms with E-state index in [9.17, 15) is 0 Å². The molecule has 0 aliphatic carbocycles. The second-order valence-electron chi connectivity index (χ2n) is 4.83. The van der Waals surface area contributed by atoms with E-state index in [2.05, 4.69) is 23.7 Å². The molecule has 0 aromatic rings. The molecule has 2 N–H and O–H groups in total. The molecular weight excluding hydrogens is 200 g/mol. The SMILES string of the molecule is C=C(CNCCC)CN1CCC(CCO)C1. The third-order valence-electron chi connectivity index (χ3n) is 3.16. The zero-order valence-corrected chi connectivity index (χ0v) is 10.5. The van der Waals surface area contributed by atoms with Crippen molar-refractivity contribution < 1.29 is 5.11 Å². The van der Waals surface area contributed by atoms with Gasteiger partial charge in [0.25, 0.3) is 0 Å². The van der Waals surface area contributed by atoms with E-state index in [1.54, 1.807) is 0 Å². The summed E-state index contributed by atoms with van der Waals surface area (Å²) in [5.41, 5.74) is 1.28. The number of nitrogens with one attached hydrogen (secondary N) is 1. The smallest absolute Gasteiger partial charge is 0.0434 e. The van der Waals surface area contributed by atoms with Gasteiger partial charge >= 0.3 is 0 Å². The second-order valence-corrected chi connectivity index (χ2v) is 4.83. The van der Waals surface area contributed by atoms with Crippen molar-refractivity contribution in [3.05, 3.63) is 12.2 Å². The Balaban J connectivity index is 2.11. The maximum atomic E-state index is 8.89. The van der Waals surface area contributed by atoms with Crippen LogP contribution in [0.5, 0.6) is 0 Å². The fourth-order valence-corrected chi connectivity index (χ4v) is 2.29. The van der Waals surface area contributed by atoms with E-state index in [1.807, 2.05) is 0 Å². The molecule has 0 bridgehead atoms. The Hall–Kier alpha value is -0.380. The number of aliphatic hydroxyl groups is 1. The van der Waals surface area contributed by atoms with Gasteiger partial charge in [-0.15, -0.1) is 0 Å². The lowest BCUT2D eigenvalue weighted by Crippen LogP contribution is -2.27. The van der Waals surface area contributed by atoms with Crippen LogP contribution in [0.2, 0.25) is 0 Å². The van der Waals surface area contributed by atoms with Gasteiger partial charge in [0.2, 0.25) is 0 Å². The summed E-state index contributed by atoms with van der Waals surface area (Å²) in [4.78, 5) is 2.45. The van der Waals surface area contributed by atoms with Gasteiger partial charge in [-0.2, -0.15) is 0 Å². The minimum Gasteiger partial charge on any atom is -0.396 e. The molecular formula is C13H26N2O. The number of rotatable bonds is 8. The number of hydrogen-bond donors (Lipinski definition) is 2. The molecule has 1 atom stereocenters. The minimum atomic E-state index is 0.331. The first-order valence-corrected chi connectivity index (χ1v) is 6.46. The average molecular weight is 226 g/mol. The highest BCUT2D eigenvalue weighted by molar-refractivity contribution is 5.00. The van der Waals surface area contributed by atoms with Gasteiger partial charge in [-0.3, -0.25) is 4.90 Å². The van der Waals surface area contributed by atoms with Gasteiger partial charge in [0.15, 0.2) is 0 Å². The molecule has 1 aliphatic rings. The Morgan fingerprint density at radius 1 is 1.56 bits per heavy atom. The number of aliphatic hydroxyl groups excluding tert-OH is 1. The summed E-state index contributed by atoms with van der Waals surface area (Å²) >= 11 is 0. The van der Waals surface area contributed by atoms with E-state index in [1.165, 1.54) is 18.4 Å². The van der Waals surface area contributed by atoms with Crippen molar-refractivity contribution in [1.82, 2.24) is 10.2 Å². The lowest BCUT2D eigenvalue weighted by Gasteiger charge is -2.17. The molecule has 16 heavy (non-hydrogen) atoms. The van der Waals surface area contributed by atoms with E-state index >= 15 is 0 Å². The van der Waals surface area contributed by atoms with Crippen LogP contribution in [-0.2, 0) is 0 Å². The molecule has 94 valence electrons. The van der Waals surface area contributed by atoms with Crippen LogP contribution in [0.25, 0.3) is 0 Å². The molecule has 1 saturated heterocycles. The van der Waals surface area contributed by atoms with E-state index in [0.717, 1.165) is 39.1 Å². The van der Waals surface area contributed by atoms with Crippen LogP contribution in [0, 0.1) is 5.92 Å². The molecule has 0 aromatic carbocycles. The fourth-order valence-electron chi connectivity index (χ4n) is 2.29. The molecule has 1 rings (SSSR count). The third-order valence-corrected chi connectivity index (χ3v) is 3.16. The lowest BCUT2D eigenvalue weighted by molar-refractivity contribution is 0.253. The summed E-state index contributed by atoms with van der Waals surface area (Å²) in [6.45, 7) is 11.9. The van der Waals surface area contributed by atoms with Crippen molar-refractivity contribution in [2.45, 2.75) is 26.2 Å². The van der Waals surface area contributed by atoms with Crippen LogP contribution in [0.15, 0.2) is 12.2 Å². The van der Waals surface area contributed by atoms with Crippen LogP contribution in [0.1, 0.15) is 26.2 Å². The van der Waals surface area contributed by atoms with Gasteiger partial charge in [0.1, 0.15) is 0 Å². The van der Waals surface area contributed by atoms with Gasteiger partial charge in [-0.05, 0) is 43.8 Å². The Morgan fingerprint density at radius 2 is 2.38 bits per heavy atom. The zero-order valence-electron chi connectivity index (χ0n) is 10.5. The summed E-state index contributed by atoms with van der Waals surface area (Å²) in [5, 5.41) is 12.3. The highest BCUT2D eigenvalue weighted by Crippen LogP contribution is 2.19. The van der Waals surface area contributed by atoms with Crippen molar-refractivity contribution in [3.63, 3.8) is 0 Å². The first-order valence-electron chi connectivity index (χ1n) is 6.46. The summed E-state index contributed by atoms with van der Waals surface area (Å²) in [6, 6.07) is 0. The van der Waals surface area contributed by atoms with Gasteiger partial charge < -0.3 is 10.4 Å². The summed E-state index contributed by atoms with van der Waals surface area (Å²) in [5.74, 6) is 0.696. The van der Waals surface area contributed by atoms with Crippen molar-refractivity contribution in [3.8, 4) is 0 Å². The predicted octanol–water partition coefficient (Wildman–Crippen LogP) is 1.25. The molecule has 1 heterocycles. The van der Waals surface area contributed by atoms with Crippen LogP contribution in [0.3, 0.4) is 0 Å². The van der Waals surface area contributed by atoms with Crippen LogP contribution < -0.4 is 5.32 Å². The molecule has 1 aliphatic heterocycles. The quantitative estimate of drug-likeness (QED) is 0.483. The normalized spacial score (nSPS) is 21.5. The topological polar surface area (TPSA) is 35.5 Å². The molecule has 0 aromatic heterocycles. The molecule has 3 nitrogen and oxygen atoms in total. The molecule has 1 fully saturated rings. The Morgan fingerprint density at radius 3 is 3.06 bits per heavy atom. The van der Waals surface area contributed by atoms with E-state index in [0.29, 0.717) is 12.5 Å².